The normalized spacial score (nSPS) is 15.5. The second-order valence-electron chi connectivity index (χ2n) is 8.13. The van der Waals surface area contributed by atoms with Crippen LogP contribution in [0.3, 0.4) is 0 Å². The summed E-state index contributed by atoms with van der Waals surface area (Å²) < 4.78 is 17.6. The number of H-pyrrole nitrogens is 1. The zero-order valence-corrected chi connectivity index (χ0v) is 19.6. The number of terminal acetylenes is 1. The molecule has 1 atom stereocenters. The third-order valence-electron chi connectivity index (χ3n) is 5.56. The number of aromatic nitrogens is 1. The molecule has 2 heterocycles. The monoisotopic (exact) mass is 467 g/mol. The minimum Gasteiger partial charge on any atom is -0.492 e. The van der Waals surface area contributed by atoms with E-state index in [0.29, 0.717) is 31.3 Å². The molecule has 3 aromatic rings. The maximum Gasteiger partial charge on any atom is 0.184 e. The quantitative estimate of drug-likeness (QED) is 0.342. The van der Waals surface area contributed by atoms with Crippen molar-refractivity contribution in [1.82, 2.24) is 9.88 Å². The van der Waals surface area contributed by atoms with E-state index in [1.54, 1.807) is 6.92 Å². The van der Waals surface area contributed by atoms with Crippen molar-refractivity contribution in [2.75, 3.05) is 40.5 Å². The third-order valence-corrected chi connectivity index (χ3v) is 5.56. The molecular formula is C25H26ClN3O4. The number of oxime groups is 1. The molecule has 2 aliphatic rings. The summed E-state index contributed by atoms with van der Waals surface area (Å²) in [5.41, 5.74) is 5.54. The minimum absolute atomic E-state index is 0. The summed E-state index contributed by atoms with van der Waals surface area (Å²) in [5.74, 6) is 4.79. The number of hydrogen-bond donors (Lipinski definition) is 1. The summed E-state index contributed by atoms with van der Waals surface area (Å²) in [6, 6.07) is 10.0. The van der Waals surface area contributed by atoms with Gasteiger partial charge in [0.25, 0.3) is 0 Å². The Morgan fingerprint density at radius 2 is 1.88 bits per heavy atom. The second-order valence-corrected chi connectivity index (χ2v) is 8.13. The molecule has 7 nitrogen and oxygen atoms in total. The SMILES string of the molecule is C#CC(C)O/N=C1/c2cc3c(cc2-c2[nH]c4ccc(OCCN(C)C)cc4c21)OCCO3.Cl. The van der Waals surface area contributed by atoms with Crippen LogP contribution < -0.4 is 14.2 Å². The Bertz CT molecular complexity index is 1260. The van der Waals surface area contributed by atoms with Crippen LogP contribution in [0.15, 0.2) is 35.5 Å². The van der Waals surface area contributed by atoms with Gasteiger partial charge < -0.3 is 28.9 Å². The largest absolute Gasteiger partial charge is 0.492 e. The van der Waals surface area contributed by atoms with Gasteiger partial charge in [0.15, 0.2) is 17.6 Å². The number of rotatable bonds is 6. The van der Waals surface area contributed by atoms with Crippen LogP contribution in [0.2, 0.25) is 0 Å². The highest BCUT2D eigenvalue weighted by Gasteiger charge is 2.33. The number of nitrogens with zero attached hydrogens (tertiary/aromatic N) is 2. The van der Waals surface area contributed by atoms with Crippen LogP contribution in [0.5, 0.6) is 17.2 Å². The molecule has 172 valence electrons. The predicted octanol–water partition coefficient (Wildman–Crippen LogP) is 4.07. The van der Waals surface area contributed by atoms with Crippen LogP contribution in [-0.2, 0) is 4.84 Å². The average Bonchev–Trinajstić information content (AvgIpc) is 3.30. The van der Waals surface area contributed by atoms with Gasteiger partial charge in [-0.1, -0.05) is 11.1 Å². The number of aromatic amines is 1. The Kier molecular flexibility index (Phi) is 6.41. The molecular weight excluding hydrogens is 442 g/mol. The molecule has 5 rings (SSSR count). The molecule has 1 aliphatic heterocycles. The lowest BCUT2D eigenvalue weighted by atomic mass is 10.1. The van der Waals surface area contributed by atoms with Crippen LogP contribution in [-0.4, -0.2) is 62.2 Å². The van der Waals surface area contributed by atoms with Gasteiger partial charge in [-0.25, -0.2) is 0 Å². The predicted molar refractivity (Wildman–Crippen MR) is 131 cm³/mol. The van der Waals surface area contributed by atoms with Gasteiger partial charge in [-0.05, 0) is 51.4 Å². The fraction of sp³-hybridized carbons (Fsp3) is 0.320. The van der Waals surface area contributed by atoms with E-state index in [1.165, 1.54) is 0 Å². The van der Waals surface area contributed by atoms with Crippen molar-refractivity contribution in [3.05, 3.63) is 41.5 Å². The molecule has 1 aromatic heterocycles. The van der Waals surface area contributed by atoms with E-state index in [2.05, 4.69) is 21.0 Å². The van der Waals surface area contributed by atoms with Crippen LogP contribution in [0.4, 0.5) is 0 Å². The third kappa shape index (κ3) is 4.20. The summed E-state index contributed by atoms with van der Waals surface area (Å²) in [6.45, 7) is 4.28. The molecule has 0 spiro atoms. The molecule has 0 amide bonds. The number of hydrogen-bond acceptors (Lipinski definition) is 6. The molecule has 0 saturated carbocycles. The lowest BCUT2D eigenvalue weighted by molar-refractivity contribution is 0.113. The molecule has 2 aromatic carbocycles. The van der Waals surface area contributed by atoms with Crippen molar-refractivity contribution < 1.29 is 19.0 Å². The molecule has 1 unspecified atom stereocenters. The Hall–Kier alpha value is -3.34. The number of halogens is 1. The first-order chi connectivity index (χ1) is 15.5. The first-order valence-electron chi connectivity index (χ1n) is 10.6. The standard InChI is InChI=1S/C25H25N3O4.ClH/c1-5-15(2)32-27-25-18-14-22-21(30-10-11-31-22)13-17(18)24-23(25)19-12-16(6-7-20(19)26-24)29-9-8-28(3)4;/h1,6-7,12-15,26H,8-11H2,2-4H3;1H/b27-25-;. The highest BCUT2D eigenvalue weighted by Crippen LogP contribution is 2.46. The zero-order valence-electron chi connectivity index (χ0n) is 18.8. The summed E-state index contributed by atoms with van der Waals surface area (Å²) in [6.07, 6.45) is 5.05. The van der Waals surface area contributed by atoms with E-state index in [0.717, 1.165) is 51.3 Å². The van der Waals surface area contributed by atoms with Crippen LogP contribution in [0.1, 0.15) is 18.1 Å². The number of benzene rings is 2. The van der Waals surface area contributed by atoms with Crippen molar-refractivity contribution in [3.8, 4) is 40.8 Å². The van der Waals surface area contributed by atoms with Gasteiger partial charge in [-0.15, -0.1) is 18.8 Å². The molecule has 33 heavy (non-hydrogen) atoms. The Balaban J connectivity index is 0.00000259. The average molecular weight is 468 g/mol. The van der Waals surface area contributed by atoms with Gasteiger partial charge in [0.05, 0.1) is 5.69 Å². The van der Waals surface area contributed by atoms with E-state index in [-0.39, 0.29) is 12.4 Å². The smallest absolute Gasteiger partial charge is 0.184 e. The van der Waals surface area contributed by atoms with Crippen LogP contribution in [0.25, 0.3) is 22.2 Å². The lowest BCUT2D eigenvalue weighted by Gasteiger charge is -2.19. The lowest BCUT2D eigenvalue weighted by Crippen LogP contribution is -2.19. The maximum atomic E-state index is 5.97. The molecule has 8 heteroatoms. The first kappa shape index (κ1) is 22.8. The highest BCUT2D eigenvalue weighted by molar-refractivity contribution is 6.30. The Morgan fingerprint density at radius 1 is 1.15 bits per heavy atom. The van der Waals surface area contributed by atoms with E-state index < -0.39 is 6.10 Å². The van der Waals surface area contributed by atoms with Gasteiger partial charge in [-0.2, -0.15) is 0 Å². The summed E-state index contributed by atoms with van der Waals surface area (Å²) in [5, 5.41) is 5.48. The van der Waals surface area contributed by atoms with E-state index in [4.69, 9.17) is 25.5 Å². The second kappa shape index (κ2) is 9.26. The maximum absolute atomic E-state index is 5.97. The minimum atomic E-state index is -0.442. The van der Waals surface area contributed by atoms with Gasteiger partial charge in [0.2, 0.25) is 0 Å². The molecule has 0 saturated heterocycles. The van der Waals surface area contributed by atoms with Crippen molar-refractivity contribution in [2.24, 2.45) is 5.16 Å². The number of ether oxygens (including phenoxy) is 3. The van der Waals surface area contributed by atoms with Crippen molar-refractivity contribution >= 4 is 29.0 Å². The fourth-order valence-corrected chi connectivity index (χ4v) is 3.94. The molecule has 0 bridgehead atoms. The molecule has 1 N–H and O–H groups in total. The van der Waals surface area contributed by atoms with Crippen molar-refractivity contribution in [1.29, 1.82) is 0 Å². The van der Waals surface area contributed by atoms with Gasteiger partial charge >= 0.3 is 0 Å². The van der Waals surface area contributed by atoms with Gasteiger partial charge in [0.1, 0.15) is 31.3 Å². The Morgan fingerprint density at radius 3 is 2.58 bits per heavy atom. The molecule has 0 fully saturated rings. The fourth-order valence-electron chi connectivity index (χ4n) is 3.94. The number of fused-ring (bicyclic) bond motifs is 6. The van der Waals surface area contributed by atoms with E-state index in [1.807, 2.05) is 44.4 Å². The van der Waals surface area contributed by atoms with Crippen molar-refractivity contribution in [3.63, 3.8) is 0 Å². The van der Waals surface area contributed by atoms with E-state index in [9.17, 15) is 0 Å². The Labute approximate surface area is 199 Å². The van der Waals surface area contributed by atoms with Crippen LogP contribution >= 0.6 is 12.4 Å². The van der Waals surface area contributed by atoms with Gasteiger partial charge in [0, 0.05) is 34.1 Å². The van der Waals surface area contributed by atoms with E-state index >= 15 is 0 Å². The first-order valence-corrected chi connectivity index (χ1v) is 10.6. The summed E-state index contributed by atoms with van der Waals surface area (Å²) in [7, 11) is 4.05. The van der Waals surface area contributed by atoms with Crippen LogP contribution in [0, 0.1) is 12.3 Å². The van der Waals surface area contributed by atoms with Gasteiger partial charge in [-0.3, -0.25) is 0 Å². The zero-order chi connectivity index (χ0) is 22.2. The summed E-state index contributed by atoms with van der Waals surface area (Å²) >= 11 is 0. The topological polar surface area (TPSA) is 68.3 Å². The molecule has 1 aliphatic carbocycles. The van der Waals surface area contributed by atoms with Crippen molar-refractivity contribution in [2.45, 2.75) is 13.0 Å². The number of nitrogens with one attached hydrogen (secondary N) is 1. The number of likely N-dealkylation sites (N-methyl/N-ethyl adjacent to an activating group) is 1. The highest BCUT2D eigenvalue weighted by atomic mass is 35.5. The summed E-state index contributed by atoms with van der Waals surface area (Å²) in [4.78, 5) is 11.2. The molecule has 0 radical (unpaired) electrons.